The Morgan fingerprint density at radius 1 is 0.909 bits per heavy atom. The maximum Gasteiger partial charge on any atom is 0.0569 e. The molecule has 0 aliphatic heterocycles. The Morgan fingerprint density at radius 3 is 2.73 bits per heavy atom. The van der Waals surface area contributed by atoms with Crippen LogP contribution < -0.4 is 0 Å². The molecule has 0 saturated carbocycles. The van der Waals surface area contributed by atoms with Crippen molar-refractivity contribution in [3.63, 3.8) is 0 Å². The van der Waals surface area contributed by atoms with Gasteiger partial charge in [-0.3, -0.25) is 0 Å². The summed E-state index contributed by atoms with van der Waals surface area (Å²) in [6.07, 6.45) is 17.5. The van der Waals surface area contributed by atoms with Crippen LogP contribution >= 0.6 is 0 Å². The molecule has 0 nitrogen and oxygen atoms in total. The van der Waals surface area contributed by atoms with Crippen LogP contribution in [0.5, 0.6) is 0 Å². The second-order valence-corrected chi connectivity index (χ2v) is 3.17. The van der Waals surface area contributed by atoms with E-state index in [1.165, 1.54) is 11.1 Å². The average molecular weight is 140 g/mol. The van der Waals surface area contributed by atoms with Crippen LogP contribution in [0.4, 0.5) is 0 Å². The minimum Gasteiger partial charge on any atom is -0.0658 e. The van der Waals surface area contributed by atoms with E-state index in [1.807, 2.05) is 0 Å². The van der Waals surface area contributed by atoms with Gasteiger partial charge in [-0.05, 0) is 11.1 Å². The first kappa shape index (κ1) is 5.36. The van der Waals surface area contributed by atoms with Crippen molar-refractivity contribution in [2.45, 2.75) is 0 Å². The molecular weight excluding hydrogens is 132 g/mol. The van der Waals surface area contributed by atoms with Gasteiger partial charge in [0.05, 0.1) is 5.41 Å². The largest absolute Gasteiger partial charge is 0.0658 e. The summed E-state index contributed by atoms with van der Waals surface area (Å²) in [5.74, 6) is 0. The van der Waals surface area contributed by atoms with Crippen molar-refractivity contribution in [3.8, 4) is 0 Å². The molecule has 52 valence electrons. The lowest BCUT2D eigenvalue weighted by Gasteiger charge is -2.19. The van der Waals surface area contributed by atoms with E-state index in [0.29, 0.717) is 0 Å². The van der Waals surface area contributed by atoms with E-state index in [1.54, 1.807) is 0 Å². The van der Waals surface area contributed by atoms with Gasteiger partial charge in [0, 0.05) is 0 Å². The van der Waals surface area contributed by atoms with Crippen molar-refractivity contribution in [3.05, 3.63) is 59.8 Å². The van der Waals surface area contributed by atoms with E-state index in [0.717, 1.165) is 0 Å². The molecule has 0 heteroatoms. The van der Waals surface area contributed by atoms with Gasteiger partial charge in [-0.1, -0.05) is 48.6 Å². The third kappa shape index (κ3) is 0.509. The quantitative estimate of drug-likeness (QED) is 0.485. The van der Waals surface area contributed by atoms with Crippen LogP contribution in [0.2, 0.25) is 0 Å². The third-order valence-corrected chi connectivity index (χ3v) is 2.55. The molecule has 0 fully saturated rings. The Labute approximate surface area is 65.9 Å². The number of hydrogen-bond donors (Lipinski definition) is 0. The first-order valence-electron chi connectivity index (χ1n) is 3.90. The Morgan fingerprint density at radius 2 is 1.82 bits per heavy atom. The molecule has 1 spiro atoms. The van der Waals surface area contributed by atoms with Crippen LogP contribution in [-0.4, -0.2) is 0 Å². The predicted octanol–water partition coefficient (Wildman–Crippen LogP) is 2.54. The molecular formula is C11H8. The normalized spacial score (nSPS) is 35.6. The van der Waals surface area contributed by atoms with E-state index in [-0.39, 0.29) is 5.41 Å². The Balaban J connectivity index is 2.20. The molecule has 1 unspecified atom stereocenters. The summed E-state index contributed by atoms with van der Waals surface area (Å²) in [7, 11) is 0. The fourth-order valence-electron chi connectivity index (χ4n) is 1.84. The summed E-state index contributed by atoms with van der Waals surface area (Å²) >= 11 is 0. The topological polar surface area (TPSA) is 0 Å². The summed E-state index contributed by atoms with van der Waals surface area (Å²) in [4.78, 5) is 0. The molecule has 0 aromatic carbocycles. The molecule has 0 bridgehead atoms. The number of rotatable bonds is 0. The van der Waals surface area contributed by atoms with Gasteiger partial charge in [0.2, 0.25) is 0 Å². The first-order chi connectivity index (χ1) is 5.42. The zero-order valence-electron chi connectivity index (χ0n) is 6.12. The van der Waals surface area contributed by atoms with Gasteiger partial charge < -0.3 is 0 Å². The van der Waals surface area contributed by atoms with Gasteiger partial charge in [0.1, 0.15) is 0 Å². The minimum atomic E-state index is 0.240. The highest BCUT2D eigenvalue weighted by atomic mass is 14.5. The van der Waals surface area contributed by atoms with Crippen molar-refractivity contribution in [2.75, 3.05) is 0 Å². The molecule has 3 rings (SSSR count). The van der Waals surface area contributed by atoms with E-state index in [4.69, 9.17) is 0 Å². The summed E-state index contributed by atoms with van der Waals surface area (Å²) in [6.45, 7) is 0. The monoisotopic (exact) mass is 140 g/mol. The Kier molecular flexibility index (Phi) is 0.719. The second-order valence-electron chi connectivity index (χ2n) is 3.17. The highest BCUT2D eigenvalue weighted by Gasteiger charge is 2.44. The smallest absolute Gasteiger partial charge is 0.0569 e. The fourth-order valence-corrected chi connectivity index (χ4v) is 1.84. The standard InChI is InChI=1S/C11H8/c1-2-7-11-8-10(11)6-3-5-9(11)4-1/h1-8H. The van der Waals surface area contributed by atoms with E-state index in [9.17, 15) is 0 Å². The lowest BCUT2D eigenvalue weighted by atomic mass is 9.84. The highest BCUT2D eigenvalue weighted by molar-refractivity contribution is 5.67. The molecule has 0 N–H and O–H groups in total. The van der Waals surface area contributed by atoms with Crippen LogP contribution in [0, 0.1) is 5.41 Å². The molecule has 0 heterocycles. The maximum absolute atomic E-state index is 2.31. The third-order valence-electron chi connectivity index (χ3n) is 2.55. The van der Waals surface area contributed by atoms with Crippen LogP contribution in [-0.2, 0) is 0 Å². The molecule has 1 atom stereocenters. The lowest BCUT2D eigenvalue weighted by Crippen LogP contribution is -2.07. The fraction of sp³-hybridized carbons (Fsp3) is 0.0909. The van der Waals surface area contributed by atoms with E-state index < -0.39 is 0 Å². The number of allylic oxidation sites excluding steroid dienone is 10. The zero-order valence-corrected chi connectivity index (χ0v) is 6.12. The second kappa shape index (κ2) is 1.48. The average Bonchev–Trinajstić information content (AvgIpc) is 2.75. The number of hydrogen-bond acceptors (Lipinski definition) is 0. The Bertz CT molecular complexity index is 361. The summed E-state index contributed by atoms with van der Waals surface area (Å²) in [5, 5.41) is 0. The predicted molar refractivity (Wildman–Crippen MR) is 46.0 cm³/mol. The van der Waals surface area contributed by atoms with Gasteiger partial charge in [0.25, 0.3) is 0 Å². The van der Waals surface area contributed by atoms with E-state index in [2.05, 4.69) is 48.6 Å². The van der Waals surface area contributed by atoms with E-state index >= 15 is 0 Å². The van der Waals surface area contributed by atoms with Crippen LogP contribution in [0.15, 0.2) is 59.8 Å². The minimum absolute atomic E-state index is 0.240. The van der Waals surface area contributed by atoms with Crippen molar-refractivity contribution in [1.29, 1.82) is 0 Å². The van der Waals surface area contributed by atoms with Gasteiger partial charge in [-0.2, -0.15) is 0 Å². The summed E-state index contributed by atoms with van der Waals surface area (Å²) in [5.41, 5.74) is 3.11. The molecule has 11 heavy (non-hydrogen) atoms. The molecule has 0 amide bonds. The maximum atomic E-state index is 2.31. The molecule has 0 radical (unpaired) electrons. The first-order valence-corrected chi connectivity index (χ1v) is 3.90. The van der Waals surface area contributed by atoms with Crippen molar-refractivity contribution < 1.29 is 0 Å². The molecule has 3 aliphatic rings. The molecule has 3 aliphatic carbocycles. The van der Waals surface area contributed by atoms with Crippen molar-refractivity contribution >= 4 is 0 Å². The lowest BCUT2D eigenvalue weighted by molar-refractivity contribution is 0.862. The van der Waals surface area contributed by atoms with Gasteiger partial charge in [-0.25, -0.2) is 0 Å². The zero-order chi connectivity index (χ0) is 7.31. The Hall–Kier alpha value is -1.30. The highest BCUT2D eigenvalue weighted by Crippen LogP contribution is 2.55. The van der Waals surface area contributed by atoms with Crippen molar-refractivity contribution in [2.24, 2.45) is 5.41 Å². The van der Waals surface area contributed by atoms with Crippen LogP contribution in [0.25, 0.3) is 0 Å². The van der Waals surface area contributed by atoms with Crippen LogP contribution in [0.1, 0.15) is 0 Å². The molecule has 0 saturated heterocycles. The SMILES string of the molecule is C1=CC2=CC=CC3=CC23C=C1. The van der Waals surface area contributed by atoms with Gasteiger partial charge >= 0.3 is 0 Å². The summed E-state index contributed by atoms with van der Waals surface area (Å²) < 4.78 is 0. The summed E-state index contributed by atoms with van der Waals surface area (Å²) in [6, 6.07) is 0. The van der Waals surface area contributed by atoms with Crippen molar-refractivity contribution in [1.82, 2.24) is 0 Å². The van der Waals surface area contributed by atoms with Crippen LogP contribution in [0.3, 0.4) is 0 Å². The van der Waals surface area contributed by atoms with Gasteiger partial charge in [0.15, 0.2) is 0 Å². The van der Waals surface area contributed by atoms with Gasteiger partial charge in [-0.15, -0.1) is 0 Å². The molecule has 0 aromatic heterocycles. The molecule has 0 aromatic rings.